The number of rotatable bonds is 8. The summed E-state index contributed by atoms with van der Waals surface area (Å²) in [6, 6.07) is 12.3. The highest BCUT2D eigenvalue weighted by molar-refractivity contribution is 5.79. The highest BCUT2D eigenvalue weighted by atomic mass is 16.2. The molecule has 2 heterocycles. The number of benzene rings is 1. The molecule has 6 nitrogen and oxygen atoms in total. The van der Waals surface area contributed by atoms with Gasteiger partial charge in [0.1, 0.15) is 0 Å². The molecule has 28 heavy (non-hydrogen) atoms. The van der Waals surface area contributed by atoms with E-state index in [1.807, 2.05) is 60.3 Å². The average molecular weight is 383 g/mol. The van der Waals surface area contributed by atoms with Gasteiger partial charge >= 0.3 is 0 Å². The highest BCUT2D eigenvalue weighted by Crippen LogP contribution is 2.12. The molecule has 1 aliphatic rings. The minimum absolute atomic E-state index is 0.0628. The van der Waals surface area contributed by atoms with Crippen LogP contribution in [0.4, 0.5) is 0 Å². The van der Waals surface area contributed by atoms with Gasteiger partial charge in [-0.1, -0.05) is 19.1 Å². The van der Waals surface area contributed by atoms with Crippen LogP contribution in [-0.2, 0) is 16.0 Å². The normalized spacial score (nSPS) is 15.3. The fraction of sp³-hybridized carbons (Fsp3) is 0.455. The first-order chi connectivity index (χ1) is 13.6. The molecule has 6 heteroatoms. The van der Waals surface area contributed by atoms with Crippen molar-refractivity contribution in [3.05, 3.63) is 54.4 Å². The van der Waals surface area contributed by atoms with Crippen molar-refractivity contribution in [3.8, 4) is 5.69 Å². The monoisotopic (exact) mass is 382 g/mol. The number of hydrogen-bond donors (Lipinski definition) is 2. The van der Waals surface area contributed by atoms with E-state index in [-0.39, 0.29) is 17.9 Å². The van der Waals surface area contributed by atoms with E-state index in [2.05, 4.69) is 15.5 Å². The number of likely N-dealkylation sites (tertiary alicyclic amines) is 1. The summed E-state index contributed by atoms with van der Waals surface area (Å²) in [6.45, 7) is 4.92. The molecule has 1 fully saturated rings. The molecule has 3 rings (SSSR count). The van der Waals surface area contributed by atoms with E-state index in [1.165, 1.54) is 0 Å². The van der Waals surface area contributed by atoms with Gasteiger partial charge in [-0.25, -0.2) is 0 Å². The third-order valence-corrected chi connectivity index (χ3v) is 5.10. The van der Waals surface area contributed by atoms with E-state index >= 15 is 0 Å². The molecule has 1 aromatic heterocycles. The van der Waals surface area contributed by atoms with Gasteiger partial charge in [0.25, 0.3) is 0 Å². The Balaban J connectivity index is 1.39. The number of carbonyl (C=O) groups is 2. The van der Waals surface area contributed by atoms with E-state index in [9.17, 15) is 9.59 Å². The second-order valence-electron chi connectivity index (χ2n) is 7.40. The van der Waals surface area contributed by atoms with E-state index < -0.39 is 0 Å². The average Bonchev–Trinajstić information content (AvgIpc) is 3.23. The molecule has 0 aliphatic carbocycles. The predicted molar refractivity (Wildman–Crippen MR) is 110 cm³/mol. The minimum atomic E-state index is 0.0628. The zero-order chi connectivity index (χ0) is 19.8. The molecule has 0 atom stereocenters. The van der Waals surface area contributed by atoms with E-state index in [0.29, 0.717) is 13.0 Å². The zero-order valence-electron chi connectivity index (χ0n) is 16.6. The summed E-state index contributed by atoms with van der Waals surface area (Å²) in [4.78, 5) is 26.3. The summed E-state index contributed by atoms with van der Waals surface area (Å²) in [5, 5.41) is 6.06. The molecule has 150 valence electrons. The first-order valence-corrected chi connectivity index (χ1v) is 10.1. The molecular formula is C22H30N4O2. The highest BCUT2D eigenvalue weighted by Gasteiger charge is 2.22. The summed E-state index contributed by atoms with van der Waals surface area (Å²) in [6.07, 6.45) is 7.13. The largest absolute Gasteiger partial charge is 0.355 e. The lowest BCUT2D eigenvalue weighted by atomic mass is 10.0. The quantitative estimate of drug-likeness (QED) is 0.735. The number of piperidine rings is 1. The first-order valence-electron chi connectivity index (χ1n) is 10.1. The van der Waals surface area contributed by atoms with E-state index in [1.54, 1.807) is 0 Å². The lowest BCUT2D eigenvalue weighted by Gasteiger charge is -2.31. The first kappa shape index (κ1) is 20.1. The Hall–Kier alpha value is -2.60. The van der Waals surface area contributed by atoms with Gasteiger partial charge in [0.15, 0.2) is 0 Å². The van der Waals surface area contributed by atoms with Crippen molar-refractivity contribution < 1.29 is 9.59 Å². The molecule has 0 bridgehead atoms. The van der Waals surface area contributed by atoms with Crippen LogP contribution < -0.4 is 10.6 Å². The van der Waals surface area contributed by atoms with Crippen LogP contribution in [0, 0.1) is 0 Å². The van der Waals surface area contributed by atoms with E-state index in [4.69, 9.17) is 0 Å². The van der Waals surface area contributed by atoms with Gasteiger partial charge in [-0.3, -0.25) is 14.5 Å². The van der Waals surface area contributed by atoms with Crippen LogP contribution in [0.2, 0.25) is 0 Å². The Morgan fingerprint density at radius 1 is 1.04 bits per heavy atom. The van der Waals surface area contributed by atoms with Crippen molar-refractivity contribution in [2.75, 3.05) is 26.2 Å². The lowest BCUT2D eigenvalue weighted by molar-refractivity contribution is -0.124. The molecule has 2 amide bonds. The van der Waals surface area contributed by atoms with Crippen LogP contribution in [-0.4, -0.2) is 53.5 Å². The molecule has 0 saturated carbocycles. The molecule has 2 N–H and O–H groups in total. The molecule has 1 aliphatic heterocycles. The van der Waals surface area contributed by atoms with Gasteiger partial charge in [-0.2, -0.15) is 0 Å². The van der Waals surface area contributed by atoms with Crippen molar-refractivity contribution in [2.24, 2.45) is 0 Å². The molecule has 2 aromatic rings. The SMILES string of the molecule is CCCNC(=O)CN1CCC(NC(=O)Cc2ccc(-n3cccc3)cc2)CC1. The van der Waals surface area contributed by atoms with Crippen LogP contribution >= 0.6 is 0 Å². The maximum atomic E-state index is 12.4. The van der Waals surface area contributed by atoms with Crippen molar-refractivity contribution in [1.29, 1.82) is 0 Å². The topological polar surface area (TPSA) is 66.4 Å². The fourth-order valence-electron chi connectivity index (χ4n) is 3.52. The fourth-order valence-corrected chi connectivity index (χ4v) is 3.52. The van der Waals surface area contributed by atoms with Crippen molar-refractivity contribution in [3.63, 3.8) is 0 Å². The Kier molecular flexibility index (Phi) is 7.25. The van der Waals surface area contributed by atoms with Gasteiger partial charge in [0.2, 0.25) is 11.8 Å². The third kappa shape index (κ3) is 5.96. The predicted octanol–water partition coefficient (Wildman–Crippen LogP) is 2.13. The van der Waals surface area contributed by atoms with Gasteiger partial charge in [0.05, 0.1) is 13.0 Å². The molecule has 1 saturated heterocycles. The van der Waals surface area contributed by atoms with Crippen LogP contribution in [0.3, 0.4) is 0 Å². The maximum absolute atomic E-state index is 12.4. The van der Waals surface area contributed by atoms with E-state index in [0.717, 1.165) is 50.1 Å². The Morgan fingerprint density at radius 3 is 2.36 bits per heavy atom. The second-order valence-corrected chi connectivity index (χ2v) is 7.40. The number of hydrogen-bond acceptors (Lipinski definition) is 3. The Labute approximate surface area is 166 Å². The van der Waals surface area contributed by atoms with Gasteiger partial charge in [-0.15, -0.1) is 0 Å². The van der Waals surface area contributed by atoms with Crippen molar-refractivity contribution in [1.82, 2.24) is 20.1 Å². The molecule has 0 radical (unpaired) electrons. The number of nitrogens with one attached hydrogen (secondary N) is 2. The maximum Gasteiger partial charge on any atom is 0.234 e. The summed E-state index contributed by atoms with van der Waals surface area (Å²) in [5.41, 5.74) is 2.10. The number of amides is 2. The summed E-state index contributed by atoms with van der Waals surface area (Å²) in [5.74, 6) is 0.153. The Morgan fingerprint density at radius 2 is 1.71 bits per heavy atom. The lowest BCUT2D eigenvalue weighted by Crippen LogP contribution is -2.47. The number of nitrogens with zero attached hydrogens (tertiary/aromatic N) is 2. The van der Waals surface area contributed by atoms with Crippen LogP contribution in [0.15, 0.2) is 48.8 Å². The van der Waals surface area contributed by atoms with Gasteiger partial charge < -0.3 is 15.2 Å². The molecule has 0 unspecified atom stereocenters. The third-order valence-electron chi connectivity index (χ3n) is 5.10. The Bertz CT molecular complexity index is 747. The number of aromatic nitrogens is 1. The van der Waals surface area contributed by atoms with Gasteiger partial charge in [-0.05, 0) is 49.1 Å². The standard InChI is InChI=1S/C22H30N4O2/c1-2-11-23-22(28)17-25-14-9-19(10-15-25)24-21(27)16-18-5-7-20(8-6-18)26-12-3-4-13-26/h3-8,12-13,19H,2,9-11,14-17H2,1H3,(H,23,28)(H,24,27). The van der Waals surface area contributed by atoms with Crippen LogP contribution in [0.25, 0.3) is 5.69 Å². The summed E-state index contributed by atoms with van der Waals surface area (Å²) in [7, 11) is 0. The smallest absolute Gasteiger partial charge is 0.234 e. The molecular weight excluding hydrogens is 352 g/mol. The van der Waals surface area contributed by atoms with Crippen molar-refractivity contribution in [2.45, 2.75) is 38.6 Å². The van der Waals surface area contributed by atoms with Crippen LogP contribution in [0.5, 0.6) is 0 Å². The zero-order valence-corrected chi connectivity index (χ0v) is 16.6. The van der Waals surface area contributed by atoms with Crippen molar-refractivity contribution >= 4 is 11.8 Å². The summed E-state index contributed by atoms with van der Waals surface area (Å²) < 4.78 is 2.04. The molecule has 0 spiro atoms. The second kappa shape index (κ2) is 10.1. The number of carbonyl (C=O) groups excluding carboxylic acids is 2. The molecule has 1 aromatic carbocycles. The summed E-state index contributed by atoms with van der Waals surface area (Å²) >= 11 is 0. The minimum Gasteiger partial charge on any atom is -0.355 e. The van der Waals surface area contributed by atoms with Gasteiger partial charge in [0, 0.05) is 43.8 Å². The van der Waals surface area contributed by atoms with Crippen LogP contribution in [0.1, 0.15) is 31.7 Å².